The first-order valence-electron chi connectivity index (χ1n) is 13.4. The van der Waals surface area contributed by atoms with Crippen LogP contribution in [0.3, 0.4) is 0 Å². The lowest BCUT2D eigenvalue weighted by Crippen LogP contribution is -2.61. The molecular weight excluding hydrogens is 468 g/mol. The van der Waals surface area contributed by atoms with Crippen LogP contribution in [-0.4, -0.2) is 35.1 Å². The summed E-state index contributed by atoms with van der Waals surface area (Å²) in [4.78, 5) is 27.2. The van der Waals surface area contributed by atoms with Crippen LogP contribution in [0, 0.1) is 10.8 Å². The number of aryl methyl sites for hydroxylation is 1. The van der Waals surface area contributed by atoms with Crippen molar-refractivity contribution in [3.63, 3.8) is 0 Å². The van der Waals surface area contributed by atoms with Gasteiger partial charge < -0.3 is 15.0 Å². The van der Waals surface area contributed by atoms with E-state index in [0.717, 1.165) is 59.0 Å². The van der Waals surface area contributed by atoms with E-state index in [0.29, 0.717) is 18.2 Å². The minimum atomic E-state index is -0.236. The highest BCUT2D eigenvalue weighted by Gasteiger charge is 2.52. The van der Waals surface area contributed by atoms with Crippen molar-refractivity contribution in [1.29, 1.82) is 0 Å². The largest absolute Gasteiger partial charge is 0.462 e. The van der Waals surface area contributed by atoms with Gasteiger partial charge in [-0.25, -0.2) is 14.8 Å². The molecule has 0 unspecified atom stereocenters. The molecule has 7 heteroatoms. The number of anilines is 3. The summed E-state index contributed by atoms with van der Waals surface area (Å²) in [5.41, 5.74) is 4.08. The molecule has 2 atom stereocenters. The Balaban J connectivity index is 1.48. The smallest absolute Gasteiger partial charge is 0.341 e. The third kappa shape index (κ3) is 3.96. The lowest BCUT2D eigenvalue weighted by atomic mass is 9.58. The van der Waals surface area contributed by atoms with Crippen LogP contribution in [0.1, 0.15) is 80.6 Å². The van der Waals surface area contributed by atoms with E-state index in [2.05, 4.69) is 31.0 Å². The third-order valence-electron chi connectivity index (χ3n) is 8.44. The van der Waals surface area contributed by atoms with Crippen LogP contribution < -0.4 is 10.2 Å². The molecule has 4 aliphatic rings. The Morgan fingerprint density at radius 2 is 1.92 bits per heavy atom. The molecule has 6 nitrogen and oxygen atoms in total. The highest BCUT2D eigenvalue weighted by Crippen LogP contribution is 2.55. The summed E-state index contributed by atoms with van der Waals surface area (Å²) in [6, 6.07) is 8.49. The van der Waals surface area contributed by atoms with Crippen molar-refractivity contribution in [2.75, 3.05) is 23.4 Å². The fourth-order valence-corrected chi connectivity index (χ4v) is 8.37. The maximum Gasteiger partial charge on any atom is 0.341 e. The van der Waals surface area contributed by atoms with E-state index in [4.69, 9.17) is 14.7 Å². The van der Waals surface area contributed by atoms with Crippen LogP contribution >= 0.6 is 11.3 Å². The summed E-state index contributed by atoms with van der Waals surface area (Å²) in [5, 5.41) is 4.48. The van der Waals surface area contributed by atoms with Gasteiger partial charge in [0.1, 0.15) is 5.00 Å². The number of carbonyl (C=O) groups excluding carboxylic acids is 1. The normalized spacial score (nSPS) is 24.6. The van der Waals surface area contributed by atoms with Crippen molar-refractivity contribution in [3.05, 3.63) is 40.3 Å². The van der Waals surface area contributed by atoms with Gasteiger partial charge in [0.05, 0.1) is 23.2 Å². The number of para-hydroxylation sites is 2. The zero-order valence-electron chi connectivity index (χ0n) is 21.8. The minimum absolute atomic E-state index is 0.202. The lowest BCUT2D eigenvalue weighted by Gasteiger charge is -2.59. The fraction of sp³-hybridized carbons (Fsp3) is 0.552. The minimum Gasteiger partial charge on any atom is -0.462 e. The second kappa shape index (κ2) is 8.72. The second-order valence-electron chi connectivity index (χ2n) is 11.8. The maximum absolute atomic E-state index is 13.1. The van der Waals surface area contributed by atoms with Crippen molar-refractivity contribution in [1.82, 2.24) is 9.97 Å². The third-order valence-corrected chi connectivity index (χ3v) is 9.65. The Kier molecular flexibility index (Phi) is 5.74. The van der Waals surface area contributed by atoms with Crippen molar-refractivity contribution in [3.8, 4) is 0 Å². The molecule has 4 heterocycles. The summed E-state index contributed by atoms with van der Waals surface area (Å²) in [5.74, 6) is 1.41. The average Bonchev–Trinajstić information content (AvgIpc) is 3.20. The zero-order valence-corrected chi connectivity index (χ0v) is 22.6. The zero-order chi connectivity index (χ0) is 25.1. The Morgan fingerprint density at radius 3 is 2.64 bits per heavy atom. The number of carbonyl (C=O) groups is 1. The molecule has 7 rings (SSSR count). The van der Waals surface area contributed by atoms with Gasteiger partial charge in [-0.15, -0.1) is 11.3 Å². The van der Waals surface area contributed by atoms with Crippen LogP contribution in [0.2, 0.25) is 0 Å². The molecule has 2 bridgehead atoms. The molecule has 2 aromatic heterocycles. The standard InChI is InChI=1S/C29H36N4O2S/c1-5-35-27(34)23-18-10-6-9-13-21(18)36-26(23)32-24-25(31-20-12-8-7-11-19(20)30-24)33-17-29(4)15-14-22(33)28(2,3)16-29/h7-8,11-12,22H,5-6,9-10,13-17H2,1-4H3,(H,30,32)/t22-,29+/m0/s1. The van der Waals surface area contributed by atoms with Crippen molar-refractivity contribution < 1.29 is 9.53 Å². The van der Waals surface area contributed by atoms with Gasteiger partial charge in [-0.3, -0.25) is 0 Å². The molecule has 36 heavy (non-hydrogen) atoms. The van der Waals surface area contributed by atoms with Gasteiger partial charge in [0, 0.05) is 17.5 Å². The Hall–Kier alpha value is -2.67. The first-order chi connectivity index (χ1) is 17.3. The van der Waals surface area contributed by atoms with Crippen LogP contribution in [0.15, 0.2) is 24.3 Å². The van der Waals surface area contributed by atoms with Gasteiger partial charge in [0.15, 0.2) is 11.6 Å². The molecule has 1 aromatic carbocycles. The molecular formula is C29H36N4O2S. The van der Waals surface area contributed by atoms with E-state index in [1.54, 1.807) is 11.3 Å². The molecule has 2 aliphatic carbocycles. The average molecular weight is 505 g/mol. The topological polar surface area (TPSA) is 67.3 Å². The van der Waals surface area contributed by atoms with Crippen LogP contribution in [-0.2, 0) is 17.6 Å². The number of hydrogen-bond donors (Lipinski definition) is 1. The first kappa shape index (κ1) is 23.7. The lowest BCUT2D eigenvalue weighted by molar-refractivity contribution is 0.0303. The summed E-state index contributed by atoms with van der Waals surface area (Å²) >= 11 is 1.69. The molecule has 0 radical (unpaired) electrons. The number of aromatic nitrogens is 2. The van der Waals surface area contributed by atoms with Gasteiger partial charge >= 0.3 is 5.97 Å². The van der Waals surface area contributed by atoms with Crippen LogP contribution in [0.25, 0.3) is 11.0 Å². The van der Waals surface area contributed by atoms with Crippen LogP contribution in [0.4, 0.5) is 16.6 Å². The number of benzene rings is 1. The van der Waals surface area contributed by atoms with E-state index >= 15 is 0 Å². The summed E-state index contributed by atoms with van der Waals surface area (Å²) in [6.07, 6.45) is 7.88. The van der Waals surface area contributed by atoms with Crippen molar-refractivity contribution in [2.45, 2.75) is 78.7 Å². The SMILES string of the molecule is CCOC(=O)c1c(Nc2nc3ccccc3nc2N2C[C@]3(C)CC[C@H]2C(C)(C)C3)sc2c1CCCC2. The second-order valence-corrected chi connectivity index (χ2v) is 12.9. The van der Waals surface area contributed by atoms with Crippen molar-refractivity contribution in [2.24, 2.45) is 10.8 Å². The first-order valence-corrected chi connectivity index (χ1v) is 14.2. The predicted molar refractivity (Wildman–Crippen MR) is 147 cm³/mol. The molecule has 1 saturated carbocycles. The van der Waals surface area contributed by atoms with Gasteiger partial charge in [0.2, 0.25) is 0 Å². The summed E-state index contributed by atoms with van der Waals surface area (Å²) in [7, 11) is 0. The Bertz CT molecular complexity index is 1330. The van der Waals surface area contributed by atoms with E-state index < -0.39 is 0 Å². The molecule has 0 amide bonds. The molecule has 1 N–H and O–H groups in total. The fourth-order valence-electron chi connectivity index (χ4n) is 7.09. The number of hydrogen-bond acceptors (Lipinski definition) is 7. The van der Waals surface area contributed by atoms with Gasteiger partial charge in [-0.05, 0) is 80.4 Å². The number of piperidine rings is 2. The molecule has 190 valence electrons. The number of thiophene rings is 1. The van der Waals surface area contributed by atoms with Gasteiger partial charge in [-0.2, -0.15) is 0 Å². The highest BCUT2D eigenvalue weighted by atomic mass is 32.1. The van der Waals surface area contributed by atoms with E-state index in [-0.39, 0.29) is 16.8 Å². The Labute approximate surface area is 217 Å². The number of nitrogens with one attached hydrogen (secondary N) is 1. The van der Waals surface area contributed by atoms with E-state index in [1.807, 2.05) is 31.2 Å². The van der Waals surface area contributed by atoms with Crippen LogP contribution in [0.5, 0.6) is 0 Å². The summed E-state index contributed by atoms with van der Waals surface area (Å²) in [6.45, 7) is 10.4. The Morgan fingerprint density at radius 1 is 1.17 bits per heavy atom. The molecule has 0 spiro atoms. The van der Waals surface area contributed by atoms with Gasteiger partial charge in [-0.1, -0.05) is 32.9 Å². The number of nitrogens with zero attached hydrogens (tertiary/aromatic N) is 3. The highest BCUT2D eigenvalue weighted by molar-refractivity contribution is 7.16. The number of fused-ring (bicyclic) bond motifs is 5. The number of rotatable bonds is 5. The monoisotopic (exact) mass is 504 g/mol. The molecule has 3 fully saturated rings. The molecule has 2 aliphatic heterocycles. The predicted octanol–water partition coefficient (Wildman–Crippen LogP) is 6.90. The van der Waals surface area contributed by atoms with E-state index in [1.165, 1.54) is 30.6 Å². The summed E-state index contributed by atoms with van der Waals surface area (Å²) < 4.78 is 5.51. The number of ether oxygens (including phenoxy) is 1. The molecule has 2 saturated heterocycles. The van der Waals surface area contributed by atoms with E-state index in [9.17, 15) is 4.79 Å². The molecule has 3 aromatic rings. The maximum atomic E-state index is 13.1. The quantitative estimate of drug-likeness (QED) is 0.381. The van der Waals surface area contributed by atoms with Crippen molar-refractivity contribution >= 4 is 45.0 Å². The van der Waals surface area contributed by atoms with Gasteiger partial charge in [0.25, 0.3) is 0 Å². The number of esters is 1.